The van der Waals surface area contributed by atoms with Gasteiger partial charge < -0.3 is 5.11 Å². The Morgan fingerprint density at radius 1 is 1.45 bits per heavy atom. The minimum atomic E-state index is -3.43. The standard InChI is InChI=1S/C13H18N2O4S/c1-10-8-15(9-12(10)13(16)17)20(18,19)7-5-11-4-2-3-6-14-11/h2-4,6,10,12H,5,7-9H2,1H3,(H,16,17)/t10-,12-/m1/s1. The van der Waals surface area contributed by atoms with Crippen LogP contribution in [0, 0.1) is 11.8 Å². The minimum absolute atomic E-state index is 0.0386. The van der Waals surface area contributed by atoms with Gasteiger partial charge in [0, 0.05) is 31.4 Å². The van der Waals surface area contributed by atoms with Crippen molar-refractivity contribution in [2.75, 3.05) is 18.8 Å². The molecule has 0 aliphatic carbocycles. The van der Waals surface area contributed by atoms with E-state index in [-0.39, 0.29) is 24.8 Å². The summed E-state index contributed by atoms with van der Waals surface area (Å²) in [6, 6.07) is 5.37. The van der Waals surface area contributed by atoms with Gasteiger partial charge in [-0.25, -0.2) is 12.7 Å². The van der Waals surface area contributed by atoms with Crippen LogP contribution in [-0.4, -0.2) is 47.6 Å². The Balaban J connectivity index is 1.99. The summed E-state index contributed by atoms with van der Waals surface area (Å²) in [6.07, 6.45) is 1.96. The predicted octanol–water partition coefficient (Wildman–Crippen LogP) is 0.606. The molecule has 1 aliphatic heterocycles. The van der Waals surface area contributed by atoms with Gasteiger partial charge in [0.05, 0.1) is 11.7 Å². The summed E-state index contributed by atoms with van der Waals surface area (Å²) in [5, 5.41) is 9.04. The van der Waals surface area contributed by atoms with Crippen LogP contribution in [0.15, 0.2) is 24.4 Å². The quantitative estimate of drug-likeness (QED) is 0.860. The molecule has 0 unspecified atom stereocenters. The van der Waals surface area contributed by atoms with E-state index in [2.05, 4.69) is 4.98 Å². The number of carbonyl (C=O) groups is 1. The van der Waals surface area contributed by atoms with E-state index < -0.39 is 21.9 Å². The van der Waals surface area contributed by atoms with Gasteiger partial charge >= 0.3 is 5.97 Å². The van der Waals surface area contributed by atoms with Gasteiger partial charge in [0.15, 0.2) is 0 Å². The zero-order chi connectivity index (χ0) is 14.8. The number of rotatable bonds is 5. The molecular weight excluding hydrogens is 280 g/mol. The second kappa shape index (κ2) is 5.88. The molecule has 7 heteroatoms. The van der Waals surface area contributed by atoms with Crippen molar-refractivity contribution < 1.29 is 18.3 Å². The van der Waals surface area contributed by atoms with Gasteiger partial charge in [-0.3, -0.25) is 9.78 Å². The molecule has 1 fully saturated rings. The van der Waals surface area contributed by atoms with Crippen molar-refractivity contribution in [3.63, 3.8) is 0 Å². The number of hydrogen-bond acceptors (Lipinski definition) is 4. The topological polar surface area (TPSA) is 87.6 Å². The van der Waals surface area contributed by atoms with Crippen LogP contribution >= 0.6 is 0 Å². The van der Waals surface area contributed by atoms with Crippen molar-refractivity contribution in [3.05, 3.63) is 30.1 Å². The molecule has 6 nitrogen and oxygen atoms in total. The van der Waals surface area contributed by atoms with Crippen molar-refractivity contribution >= 4 is 16.0 Å². The average Bonchev–Trinajstić information content (AvgIpc) is 2.81. The van der Waals surface area contributed by atoms with Gasteiger partial charge in [0.25, 0.3) is 0 Å². The van der Waals surface area contributed by atoms with Gasteiger partial charge in [-0.05, 0) is 18.1 Å². The Labute approximate surface area is 118 Å². The largest absolute Gasteiger partial charge is 0.481 e. The van der Waals surface area contributed by atoms with E-state index in [9.17, 15) is 13.2 Å². The number of carboxylic acid groups (broad SMARTS) is 1. The number of carboxylic acids is 1. The lowest BCUT2D eigenvalue weighted by Gasteiger charge is -2.15. The second-order valence-electron chi connectivity index (χ2n) is 5.13. The van der Waals surface area contributed by atoms with Gasteiger partial charge in [-0.1, -0.05) is 13.0 Å². The number of sulfonamides is 1. The molecule has 0 spiro atoms. The smallest absolute Gasteiger partial charge is 0.308 e. The van der Waals surface area contributed by atoms with Gasteiger partial charge in [-0.2, -0.15) is 0 Å². The lowest BCUT2D eigenvalue weighted by atomic mass is 9.99. The third-order valence-corrected chi connectivity index (χ3v) is 5.44. The Morgan fingerprint density at radius 3 is 2.75 bits per heavy atom. The highest BCUT2D eigenvalue weighted by Crippen LogP contribution is 2.25. The first-order valence-electron chi connectivity index (χ1n) is 6.50. The average molecular weight is 298 g/mol. The van der Waals surface area contributed by atoms with Crippen LogP contribution in [0.4, 0.5) is 0 Å². The Bertz CT molecular complexity index is 573. The van der Waals surface area contributed by atoms with Crippen molar-refractivity contribution in [3.8, 4) is 0 Å². The molecule has 2 rings (SSSR count). The fourth-order valence-corrected chi connectivity index (χ4v) is 3.95. The molecule has 1 aromatic rings. The molecule has 20 heavy (non-hydrogen) atoms. The van der Waals surface area contributed by atoms with E-state index >= 15 is 0 Å². The lowest BCUT2D eigenvalue weighted by Crippen LogP contribution is -2.32. The summed E-state index contributed by atoms with van der Waals surface area (Å²) < 4.78 is 25.7. The molecular formula is C13H18N2O4S. The third-order valence-electron chi connectivity index (χ3n) is 3.63. The molecule has 1 N–H and O–H groups in total. The van der Waals surface area contributed by atoms with E-state index in [1.165, 1.54) is 4.31 Å². The highest BCUT2D eigenvalue weighted by molar-refractivity contribution is 7.89. The van der Waals surface area contributed by atoms with Crippen LogP contribution < -0.4 is 0 Å². The SMILES string of the molecule is C[C@@H]1CN(S(=O)(=O)CCc2ccccn2)C[C@H]1C(=O)O. The molecule has 0 aromatic carbocycles. The number of nitrogens with zero attached hydrogens (tertiary/aromatic N) is 2. The molecule has 110 valence electrons. The third kappa shape index (κ3) is 3.34. The van der Waals surface area contributed by atoms with Gasteiger partial charge in [-0.15, -0.1) is 0 Å². The molecule has 0 radical (unpaired) electrons. The minimum Gasteiger partial charge on any atom is -0.481 e. The Hall–Kier alpha value is -1.47. The maximum absolute atomic E-state index is 12.2. The summed E-state index contributed by atoms with van der Waals surface area (Å²) in [5.74, 6) is -1.74. The van der Waals surface area contributed by atoms with Crippen molar-refractivity contribution in [1.82, 2.24) is 9.29 Å². The fourth-order valence-electron chi connectivity index (χ4n) is 2.38. The van der Waals surface area contributed by atoms with Crippen LogP contribution in [-0.2, 0) is 21.2 Å². The summed E-state index contributed by atoms with van der Waals surface area (Å²) >= 11 is 0. The molecule has 1 aliphatic rings. The van der Waals surface area contributed by atoms with Crippen molar-refractivity contribution in [2.45, 2.75) is 13.3 Å². The van der Waals surface area contributed by atoms with Crippen LogP contribution in [0.25, 0.3) is 0 Å². The molecule has 2 heterocycles. The highest BCUT2D eigenvalue weighted by Gasteiger charge is 2.39. The first-order valence-corrected chi connectivity index (χ1v) is 8.11. The predicted molar refractivity (Wildman–Crippen MR) is 73.6 cm³/mol. The number of aryl methyl sites for hydroxylation is 1. The van der Waals surface area contributed by atoms with E-state index in [1.807, 2.05) is 6.07 Å². The first kappa shape index (κ1) is 14.9. The zero-order valence-corrected chi connectivity index (χ0v) is 12.1. The Morgan fingerprint density at radius 2 is 2.20 bits per heavy atom. The molecule has 0 bridgehead atoms. The van der Waals surface area contributed by atoms with E-state index in [4.69, 9.17) is 5.11 Å². The monoisotopic (exact) mass is 298 g/mol. The van der Waals surface area contributed by atoms with Gasteiger partial charge in [0.1, 0.15) is 0 Å². The summed E-state index contributed by atoms with van der Waals surface area (Å²) in [7, 11) is -3.43. The van der Waals surface area contributed by atoms with Crippen molar-refractivity contribution in [1.29, 1.82) is 0 Å². The Kier molecular flexibility index (Phi) is 4.39. The fraction of sp³-hybridized carbons (Fsp3) is 0.538. The van der Waals surface area contributed by atoms with Crippen LogP contribution in [0.1, 0.15) is 12.6 Å². The molecule has 2 atom stereocenters. The van der Waals surface area contributed by atoms with E-state index in [0.29, 0.717) is 6.42 Å². The molecule has 1 saturated heterocycles. The van der Waals surface area contributed by atoms with Crippen LogP contribution in [0.3, 0.4) is 0 Å². The number of hydrogen-bond donors (Lipinski definition) is 1. The number of aliphatic carboxylic acids is 1. The second-order valence-corrected chi connectivity index (χ2v) is 7.21. The zero-order valence-electron chi connectivity index (χ0n) is 11.3. The van der Waals surface area contributed by atoms with Crippen LogP contribution in [0.5, 0.6) is 0 Å². The molecule has 0 saturated carbocycles. The van der Waals surface area contributed by atoms with Gasteiger partial charge in [0.2, 0.25) is 10.0 Å². The summed E-state index contributed by atoms with van der Waals surface area (Å²) in [6.45, 7) is 2.12. The lowest BCUT2D eigenvalue weighted by molar-refractivity contribution is -0.142. The number of aromatic nitrogens is 1. The molecule has 1 aromatic heterocycles. The summed E-state index contributed by atoms with van der Waals surface area (Å²) in [4.78, 5) is 15.1. The van der Waals surface area contributed by atoms with E-state index in [0.717, 1.165) is 5.69 Å². The normalized spacial score (nSPS) is 23.9. The highest BCUT2D eigenvalue weighted by atomic mass is 32.2. The van der Waals surface area contributed by atoms with E-state index in [1.54, 1.807) is 25.3 Å². The maximum atomic E-state index is 12.2. The number of pyridine rings is 1. The molecule has 0 amide bonds. The summed E-state index contributed by atoms with van der Waals surface area (Å²) in [5.41, 5.74) is 0.720. The van der Waals surface area contributed by atoms with Crippen LogP contribution in [0.2, 0.25) is 0 Å². The maximum Gasteiger partial charge on any atom is 0.308 e. The first-order chi connectivity index (χ1) is 9.40. The van der Waals surface area contributed by atoms with Crippen molar-refractivity contribution in [2.24, 2.45) is 11.8 Å².